The van der Waals surface area contributed by atoms with Gasteiger partial charge in [-0.05, 0) is 49.9 Å². The van der Waals surface area contributed by atoms with Gasteiger partial charge in [0.25, 0.3) is 0 Å². The van der Waals surface area contributed by atoms with Crippen LogP contribution in [-0.2, 0) is 4.74 Å². The highest BCUT2D eigenvalue weighted by molar-refractivity contribution is 6.10. The molecule has 3 unspecified atom stereocenters. The van der Waals surface area contributed by atoms with Gasteiger partial charge in [-0.25, -0.2) is 4.39 Å². The molecule has 2 aliphatic rings. The van der Waals surface area contributed by atoms with Gasteiger partial charge in [0, 0.05) is 24.2 Å². The number of hydrogen-bond acceptors (Lipinski definition) is 5. The molecule has 2 aromatic rings. The van der Waals surface area contributed by atoms with Crippen molar-refractivity contribution in [1.29, 1.82) is 0 Å². The van der Waals surface area contributed by atoms with E-state index in [-0.39, 0.29) is 24.5 Å². The Labute approximate surface area is 164 Å². The Morgan fingerprint density at radius 3 is 2.04 bits per heavy atom. The van der Waals surface area contributed by atoms with Crippen molar-refractivity contribution in [2.75, 3.05) is 13.3 Å². The minimum atomic E-state index is -0.431. The quantitative estimate of drug-likeness (QED) is 0.780. The van der Waals surface area contributed by atoms with Crippen LogP contribution in [0.5, 0.6) is 0 Å². The van der Waals surface area contributed by atoms with Crippen LogP contribution in [0.2, 0.25) is 0 Å². The third kappa shape index (κ3) is 4.17. The summed E-state index contributed by atoms with van der Waals surface area (Å²) in [5.41, 5.74) is 3.68. The summed E-state index contributed by atoms with van der Waals surface area (Å²) in [6, 6.07) is 11.8. The highest BCUT2D eigenvalue weighted by Gasteiger charge is 2.37. The van der Waals surface area contributed by atoms with E-state index in [9.17, 15) is 4.39 Å². The Balaban J connectivity index is 1.66. The molecule has 0 saturated heterocycles. The molecular formula is C22H25FN4O. The molecule has 0 bridgehead atoms. The first-order chi connectivity index (χ1) is 13.9. The zero-order valence-corrected chi connectivity index (χ0v) is 15.9. The Hall–Kier alpha value is -2.47. The van der Waals surface area contributed by atoms with Gasteiger partial charge in [-0.2, -0.15) is 10.2 Å². The van der Waals surface area contributed by atoms with Crippen LogP contribution in [0.1, 0.15) is 43.5 Å². The van der Waals surface area contributed by atoms with Gasteiger partial charge in [0.15, 0.2) is 0 Å². The first-order valence-corrected chi connectivity index (χ1v) is 10.0. The molecule has 1 saturated carbocycles. The van der Waals surface area contributed by atoms with Crippen molar-refractivity contribution in [2.45, 2.75) is 38.2 Å². The number of pyridine rings is 2. The van der Waals surface area contributed by atoms with E-state index in [0.717, 1.165) is 54.9 Å². The minimum absolute atomic E-state index is 0.110. The molecule has 6 heteroatoms. The largest absolute Gasteiger partial charge is 0.376 e. The third-order valence-electron chi connectivity index (χ3n) is 5.58. The first kappa shape index (κ1) is 18.9. The standard InChI is InChI=1S/C22H25FN4O/c23-12-15-28-16-6-5-7-17-18(11-10-16)22(20-9-2-4-14-25-20)27-26-21(17)19-8-1-3-13-24-19/h1-4,8-9,13-14,16-18H,5-7,10-12,15H2. The molecule has 1 aliphatic carbocycles. The van der Waals surface area contributed by atoms with Gasteiger partial charge in [-0.15, -0.1) is 0 Å². The molecule has 2 aromatic heterocycles. The van der Waals surface area contributed by atoms with E-state index in [2.05, 4.69) is 20.2 Å². The number of nitrogens with zero attached hydrogens (tertiary/aromatic N) is 4. The fourth-order valence-electron chi connectivity index (χ4n) is 4.28. The molecule has 0 aromatic carbocycles. The fraction of sp³-hybridized carbons (Fsp3) is 0.455. The monoisotopic (exact) mass is 380 g/mol. The summed E-state index contributed by atoms with van der Waals surface area (Å²) in [5, 5.41) is 9.21. The average Bonchev–Trinajstić information content (AvgIpc) is 2.74. The molecule has 5 nitrogen and oxygen atoms in total. The summed E-state index contributed by atoms with van der Waals surface area (Å²) in [6.07, 6.45) is 8.47. The van der Waals surface area contributed by atoms with Crippen molar-refractivity contribution in [2.24, 2.45) is 22.0 Å². The van der Waals surface area contributed by atoms with Crippen molar-refractivity contribution >= 4 is 11.4 Å². The lowest BCUT2D eigenvalue weighted by Crippen LogP contribution is -2.37. The molecule has 1 aliphatic heterocycles. The molecule has 0 radical (unpaired) electrons. The summed E-state index contributed by atoms with van der Waals surface area (Å²) < 4.78 is 18.3. The molecule has 28 heavy (non-hydrogen) atoms. The minimum Gasteiger partial charge on any atom is -0.376 e. The van der Waals surface area contributed by atoms with Crippen LogP contribution in [0.15, 0.2) is 59.0 Å². The van der Waals surface area contributed by atoms with Gasteiger partial charge in [0.1, 0.15) is 6.67 Å². The zero-order chi connectivity index (χ0) is 19.2. The van der Waals surface area contributed by atoms with Crippen LogP contribution in [0.25, 0.3) is 0 Å². The van der Waals surface area contributed by atoms with Crippen LogP contribution in [0, 0.1) is 11.8 Å². The second kappa shape index (κ2) is 9.15. The summed E-state index contributed by atoms with van der Waals surface area (Å²) >= 11 is 0. The Morgan fingerprint density at radius 1 is 0.821 bits per heavy atom. The molecule has 1 fully saturated rings. The number of alkyl halides is 1. The van der Waals surface area contributed by atoms with Gasteiger partial charge >= 0.3 is 0 Å². The summed E-state index contributed by atoms with van der Waals surface area (Å²) in [6.45, 7) is -0.250. The van der Waals surface area contributed by atoms with Crippen LogP contribution in [0.3, 0.4) is 0 Å². The number of halogens is 1. The number of ether oxygens (including phenoxy) is 1. The normalized spacial score (nSPS) is 25.1. The zero-order valence-electron chi connectivity index (χ0n) is 15.9. The van der Waals surface area contributed by atoms with Crippen molar-refractivity contribution in [3.63, 3.8) is 0 Å². The van der Waals surface area contributed by atoms with E-state index >= 15 is 0 Å². The summed E-state index contributed by atoms with van der Waals surface area (Å²) in [7, 11) is 0. The molecule has 3 atom stereocenters. The van der Waals surface area contributed by atoms with E-state index in [1.54, 1.807) is 12.4 Å². The fourth-order valence-corrected chi connectivity index (χ4v) is 4.28. The number of aromatic nitrogens is 2. The smallest absolute Gasteiger partial charge is 0.113 e. The maximum atomic E-state index is 12.5. The maximum Gasteiger partial charge on any atom is 0.113 e. The second-order valence-corrected chi connectivity index (χ2v) is 7.30. The molecular weight excluding hydrogens is 355 g/mol. The number of rotatable bonds is 5. The van der Waals surface area contributed by atoms with Crippen molar-refractivity contribution in [3.8, 4) is 0 Å². The highest BCUT2D eigenvalue weighted by Crippen LogP contribution is 2.36. The second-order valence-electron chi connectivity index (χ2n) is 7.30. The van der Waals surface area contributed by atoms with E-state index in [4.69, 9.17) is 4.74 Å². The van der Waals surface area contributed by atoms with E-state index < -0.39 is 6.67 Å². The molecule has 3 heterocycles. The SMILES string of the molecule is FCCOC1CCCC2C(c3ccccn3)=NN=C(c3ccccn3)C2CC1. The number of hydrogen-bond donors (Lipinski definition) is 0. The third-order valence-corrected chi connectivity index (χ3v) is 5.58. The predicted molar refractivity (Wildman–Crippen MR) is 107 cm³/mol. The average molecular weight is 380 g/mol. The van der Waals surface area contributed by atoms with Crippen LogP contribution >= 0.6 is 0 Å². The molecule has 4 rings (SSSR count). The molecule has 0 spiro atoms. The highest BCUT2D eigenvalue weighted by atomic mass is 19.1. The van der Waals surface area contributed by atoms with Gasteiger partial charge < -0.3 is 4.74 Å². The molecule has 0 N–H and O–H groups in total. The van der Waals surface area contributed by atoms with Crippen molar-refractivity contribution in [3.05, 3.63) is 60.2 Å². The predicted octanol–water partition coefficient (Wildman–Crippen LogP) is 4.23. The van der Waals surface area contributed by atoms with Crippen LogP contribution in [-0.4, -0.2) is 40.8 Å². The lowest BCUT2D eigenvalue weighted by molar-refractivity contribution is 0.0245. The lowest BCUT2D eigenvalue weighted by Gasteiger charge is -2.34. The molecule has 146 valence electrons. The van der Waals surface area contributed by atoms with E-state index in [1.807, 2.05) is 36.4 Å². The van der Waals surface area contributed by atoms with Crippen LogP contribution in [0.4, 0.5) is 4.39 Å². The Morgan fingerprint density at radius 2 is 1.46 bits per heavy atom. The maximum absolute atomic E-state index is 12.5. The van der Waals surface area contributed by atoms with Crippen molar-refractivity contribution < 1.29 is 9.13 Å². The topological polar surface area (TPSA) is 59.7 Å². The van der Waals surface area contributed by atoms with Gasteiger partial charge in [-0.3, -0.25) is 9.97 Å². The van der Waals surface area contributed by atoms with Gasteiger partial charge in [-0.1, -0.05) is 18.6 Å². The summed E-state index contributed by atoms with van der Waals surface area (Å²) in [4.78, 5) is 9.04. The number of fused-ring (bicyclic) bond motifs is 1. The lowest BCUT2D eigenvalue weighted by atomic mass is 9.74. The van der Waals surface area contributed by atoms with E-state index in [1.165, 1.54) is 0 Å². The summed E-state index contributed by atoms with van der Waals surface area (Å²) in [5.74, 6) is 0.465. The van der Waals surface area contributed by atoms with Crippen molar-refractivity contribution in [1.82, 2.24) is 9.97 Å². The Bertz CT molecular complexity index is 825. The van der Waals surface area contributed by atoms with Gasteiger partial charge in [0.2, 0.25) is 0 Å². The Kier molecular flexibility index (Phi) is 6.17. The van der Waals surface area contributed by atoms with Gasteiger partial charge in [0.05, 0.1) is 35.5 Å². The van der Waals surface area contributed by atoms with Crippen LogP contribution < -0.4 is 0 Å². The first-order valence-electron chi connectivity index (χ1n) is 10.0. The van der Waals surface area contributed by atoms with E-state index in [0.29, 0.717) is 0 Å². The molecule has 0 amide bonds.